The lowest BCUT2D eigenvalue weighted by atomic mass is 9.69. The van der Waals surface area contributed by atoms with E-state index in [1.165, 1.54) is 0 Å². The maximum atomic E-state index is 11.8. The smallest absolute Gasteiger partial charge is 0.317 e. The summed E-state index contributed by atoms with van der Waals surface area (Å²) in [5.74, 6) is -1.09. The van der Waals surface area contributed by atoms with Crippen LogP contribution >= 0.6 is 0 Å². The molecule has 1 fully saturated rings. The van der Waals surface area contributed by atoms with Crippen molar-refractivity contribution in [1.82, 2.24) is 0 Å². The number of aliphatic carboxylic acids is 1. The molecule has 0 aromatic heterocycles. The van der Waals surface area contributed by atoms with Crippen molar-refractivity contribution in [2.75, 3.05) is 0 Å². The van der Waals surface area contributed by atoms with Gasteiger partial charge < -0.3 is 5.11 Å². The van der Waals surface area contributed by atoms with Gasteiger partial charge in [0.25, 0.3) is 0 Å². The third-order valence-electron chi connectivity index (χ3n) is 3.25. The maximum absolute atomic E-state index is 11.8. The van der Waals surface area contributed by atoms with Crippen LogP contribution in [0.1, 0.15) is 45.4 Å². The first-order chi connectivity index (χ1) is 7.03. The van der Waals surface area contributed by atoms with Crippen molar-refractivity contribution in [3.05, 3.63) is 12.2 Å². The van der Waals surface area contributed by atoms with Crippen LogP contribution in [0, 0.1) is 5.41 Å². The normalized spacial score (nSPS) is 26.3. The molecule has 0 amide bonds. The molecule has 1 rings (SSSR count). The summed E-state index contributed by atoms with van der Waals surface area (Å²) < 4.78 is 0. The third kappa shape index (κ3) is 2.28. The first-order valence-electron chi connectivity index (χ1n) is 5.46. The Morgan fingerprint density at radius 2 is 2.20 bits per heavy atom. The van der Waals surface area contributed by atoms with E-state index in [1.54, 1.807) is 0 Å². The van der Waals surface area contributed by atoms with E-state index in [0.717, 1.165) is 24.8 Å². The molecule has 1 aliphatic carbocycles. The topological polar surface area (TPSA) is 54.4 Å². The number of carboxylic acids is 1. The van der Waals surface area contributed by atoms with Gasteiger partial charge in [-0.05, 0) is 25.7 Å². The van der Waals surface area contributed by atoms with Crippen molar-refractivity contribution in [1.29, 1.82) is 0 Å². The Labute approximate surface area is 90.2 Å². The van der Waals surface area contributed by atoms with Gasteiger partial charge in [0.05, 0.1) is 0 Å². The molecule has 1 saturated carbocycles. The molecule has 1 N–H and O–H groups in total. The number of carboxylic acid groups (broad SMARTS) is 1. The number of ketones is 1. The monoisotopic (exact) mass is 210 g/mol. The number of rotatable bonds is 4. The highest BCUT2D eigenvalue weighted by molar-refractivity contribution is 6.03. The van der Waals surface area contributed by atoms with E-state index in [4.69, 9.17) is 0 Å². The SMILES string of the molecule is C=C(CC)CC1(C(=O)O)CCCCC1=O. The molecule has 0 spiro atoms. The first-order valence-corrected chi connectivity index (χ1v) is 5.46. The van der Waals surface area contributed by atoms with E-state index in [9.17, 15) is 14.7 Å². The molecular formula is C12H18O3. The van der Waals surface area contributed by atoms with Crippen LogP contribution in [0.4, 0.5) is 0 Å². The van der Waals surface area contributed by atoms with Crippen LogP contribution in [0.15, 0.2) is 12.2 Å². The molecule has 0 aromatic carbocycles. The summed E-state index contributed by atoms with van der Waals surface area (Å²) in [5.41, 5.74) is -0.307. The van der Waals surface area contributed by atoms with Crippen molar-refractivity contribution >= 4 is 11.8 Å². The van der Waals surface area contributed by atoms with Crippen LogP contribution in [0.3, 0.4) is 0 Å². The highest BCUT2D eigenvalue weighted by Gasteiger charge is 2.46. The van der Waals surface area contributed by atoms with Gasteiger partial charge in [0.15, 0.2) is 5.78 Å². The Balaban J connectivity index is 2.91. The van der Waals surface area contributed by atoms with Crippen LogP contribution in [0.25, 0.3) is 0 Å². The quantitative estimate of drug-likeness (QED) is 0.573. The molecule has 15 heavy (non-hydrogen) atoms. The number of hydrogen-bond donors (Lipinski definition) is 1. The minimum atomic E-state index is -1.16. The van der Waals surface area contributed by atoms with Crippen LogP contribution in [-0.2, 0) is 9.59 Å². The lowest BCUT2D eigenvalue weighted by Crippen LogP contribution is -2.41. The van der Waals surface area contributed by atoms with E-state index in [-0.39, 0.29) is 5.78 Å². The van der Waals surface area contributed by atoms with E-state index in [1.807, 2.05) is 6.92 Å². The Hall–Kier alpha value is -1.12. The predicted octanol–water partition coefficient (Wildman–Crippen LogP) is 2.56. The van der Waals surface area contributed by atoms with Crippen molar-refractivity contribution in [3.63, 3.8) is 0 Å². The van der Waals surface area contributed by atoms with E-state index in [2.05, 4.69) is 6.58 Å². The van der Waals surface area contributed by atoms with Gasteiger partial charge >= 0.3 is 5.97 Å². The Morgan fingerprint density at radius 1 is 1.53 bits per heavy atom. The molecule has 84 valence electrons. The zero-order chi connectivity index (χ0) is 11.5. The summed E-state index contributed by atoms with van der Waals surface area (Å²) in [4.78, 5) is 23.1. The van der Waals surface area contributed by atoms with Crippen LogP contribution in [0.2, 0.25) is 0 Å². The highest BCUT2D eigenvalue weighted by atomic mass is 16.4. The van der Waals surface area contributed by atoms with E-state index in [0.29, 0.717) is 19.3 Å². The molecular weight excluding hydrogens is 192 g/mol. The van der Waals surface area contributed by atoms with Gasteiger partial charge in [-0.2, -0.15) is 0 Å². The lowest BCUT2D eigenvalue weighted by molar-refractivity contribution is -0.157. The number of Topliss-reactive ketones (excluding diaryl/α,β-unsaturated/α-hetero) is 1. The van der Waals surface area contributed by atoms with Crippen molar-refractivity contribution in [3.8, 4) is 0 Å². The Kier molecular flexibility index (Phi) is 3.66. The summed E-state index contributed by atoms with van der Waals surface area (Å²) in [6, 6.07) is 0. The van der Waals surface area contributed by atoms with Gasteiger partial charge in [0, 0.05) is 6.42 Å². The summed E-state index contributed by atoms with van der Waals surface area (Å²) in [6.07, 6.45) is 3.59. The van der Waals surface area contributed by atoms with Gasteiger partial charge in [-0.1, -0.05) is 25.5 Å². The zero-order valence-corrected chi connectivity index (χ0v) is 9.21. The second kappa shape index (κ2) is 4.60. The third-order valence-corrected chi connectivity index (χ3v) is 3.25. The maximum Gasteiger partial charge on any atom is 0.317 e. The Morgan fingerprint density at radius 3 is 2.67 bits per heavy atom. The average molecular weight is 210 g/mol. The Bertz CT molecular complexity index is 293. The molecule has 0 aliphatic heterocycles. The van der Waals surface area contributed by atoms with Gasteiger partial charge in [0.2, 0.25) is 0 Å². The zero-order valence-electron chi connectivity index (χ0n) is 9.21. The number of carbonyl (C=O) groups excluding carboxylic acids is 1. The molecule has 0 radical (unpaired) electrons. The fourth-order valence-electron chi connectivity index (χ4n) is 2.13. The molecule has 3 nitrogen and oxygen atoms in total. The minimum absolute atomic E-state index is 0.115. The van der Waals surface area contributed by atoms with Crippen LogP contribution in [-0.4, -0.2) is 16.9 Å². The molecule has 0 aromatic rings. The number of carbonyl (C=O) groups is 2. The van der Waals surface area contributed by atoms with Crippen molar-refractivity contribution < 1.29 is 14.7 Å². The van der Waals surface area contributed by atoms with E-state index >= 15 is 0 Å². The molecule has 1 atom stereocenters. The van der Waals surface area contributed by atoms with Crippen molar-refractivity contribution in [2.45, 2.75) is 45.4 Å². The second-order valence-corrected chi connectivity index (χ2v) is 4.30. The highest BCUT2D eigenvalue weighted by Crippen LogP contribution is 2.39. The average Bonchev–Trinajstić information content (AvgIpc) is 2.21. The van der Waals surface area contributed by atoms with Crippen LogP contribution < -0.4 is 0 Å². The number of hydrogen-bond acceptors (Lipinski definition) is 2. The summed E-state index contributed by atoms with van der Waals surface area (Å²) in [6.45, 7) is 5.75. The predicted molar refractivity (Wildman–Crippen MR) is 57.6 cm³/mol. The van der Waals surface area contributed by atoms with Crippen molar-refractivity contribution in [2.24, 2.45) is 5.41 Å². The van der Waals surface area contributed by atoms with Gasteiger partial charge in [-0.15, -0.1) is 0 Å². The molecule has 1 aliphatic rings. The molecule has 0 bridgehead atoms. The van der Waals surface area contributed by atoms with E-state index < -0.39 is 11.4 Å². The first kappa shape index (κ1) is 12.0. The van der Waals surface area contributed by atoms with Crippen LogP contribution in [0.5, 0.6) is 0 Å². The standard InChI is InChI=1S/C12H18O3/c1-3-9(2)8-12(11(14)15)7-5-4-6-10(12)13/h2-8H2,1H3,(H,14,15). The largest absolute Gasteiger partial charge is 0.480 e. The summed E-state index contributed by atoms with van der Waals surface area (Å²) in [7, 11) is 0. The van der Waals surface area contributed by atoms with Gasteiger partial charge in [-0.25, -0.2) is 0 Å². The molecule has 0 saturated heterocycles. The fourth-order valence-corrected chi connectivity index (χ4v) is 2.13. The summed E-state index contributed by atoms with van der Waals surface area (Å²) in [5, 5.41) is 9.24. The number of allylic oxidation sites excluding steroid dienone is 1. The fraction of sp³-hybridized carbons (Fsp3) is 0.667. The molecule has 0 heterocycles. The minimum Gasteiger partial charge on any atom is -0.480 e. The molecule has 1 unspecified atom stereocenters. The van der Waals surface area contributed by atoms with Gasteiger partial charge in [0.1, 0.15) is 5.41 Å². The summed E-state index contributed by atoms with van der Waals surface area (Å²) >= 11 is 0. The lowest BCUT2D eigenvalue weighted by Gasteiger charge is -2.32. The molecule has 3 heteroatoms. The second-order valence-electron chi connectivity index (χ2n) is 4.30. The van der Waals surface area contributed by atoms with Gasteiger partial charge in [-0.3, -0.25) is 9.59 Å².